The molecule has 0 spiro atoms. The van der Waals surface area contributed by atoms with Crippen LogP contribution in [0.1, 0.15) is 61.3 Å². The second-order valence-electron chi connectivity index (χ2n) is 10.8. The lowest BCUT2D eigenvalue weighted by molar-refractivity contribution is 0.275. The number of likely N-dealkylation sites (N-methyl/N-ethyl adjacent to an activating group) is 1. The van der Waals surface area contributed by atoms with Gasteiger partial charge in [-0.05, 0) is 88.8 Å². The van der Waals surface area contributed by atoms with Crippen LogP contribution in [0.5, 0.6) is 0 Å². The van der Waals surface area contributed by atoms with E-state index in [1.54, 1.807) is 0 Å². The van der Waals surface area contributed by atoms with Gasteiger partial charge in [-0.1, -0.05) is 41.8 Å². The van der Waals surface area contributed by atoms with Crippen LogP contribution in [-0.2, 0) is 0 Å². The minimum atomic E-state index is -0.343. The number of piperidine rings is 1. The number of benzodiazepines with no additional fused rings is 1. The topological polar surface area (TPSA) is 42.9 Å². The SMILES string of the molecule is C#CC1C(NC(=CC)NC2=CC=C(N3CCCCC3)CC2)N=C(c2ccccc2C)c2cc(C)ccc2N1C. The van der Waals surface area contributed by atoms with Gasteiger partial charge in [0.05, 0.1) is 5.71 Å². The third-order valence-electron chi connectivity index (χ3n) is 8.12. The molecule has 1 aliphatic carbocycles. The van der Waals surface area contributed by atoms with E-state index in [9.17, 15) is 0 Å². The number of fused-ring (bicyclic) bond motifs is 1. The molecule has 1 saturated heterocycles. The van der Waals surface area contributed by atoms with E-state index in [-0.39, 0.29) is 12.2 Å². The van der Waals surface area contributed by atoms with Gasteiger partial charge in [-0.3, -0.25) is 4.99 Å². The average Bonchev–Trinajstić information content (AvgIpc) is 3.07. The van der Waals surface area contributed by atoms with Gasteiger partial charge in [-0.25, -0.2) is 0 Å². The van der Waals surface area contributed by atoms with E-state index in [2.05, 4.69) is 108 Å². The van der Waals surface area contributed by atoms with Crippen LogP contribution < -0.4 is 15.5 Å². The molecule has 5 rings (SSSR count). The molecule has 2 heterocycles. The molecule has 2 aliphatic heterocycles. The molecule has 0 bridgehead atoms. The van der Waals surface area contributed by atoms with Crippen molar-refractivity contribution in [2.24, 2.45) is 4.99 Å². The van der Waals surface area contributed by atoms with Gasteiger partial charge in [-0.2, -0.15) is 0 Å². The van der Waals surface area contributed by atoms with Crippen molar-refractivity contribution in [2.45, 2.75) is 65.1 Å². The highest BCUT2D eigenvalue weighted by atomic mass is 15.3. The van der Waals surface area contributed by atoms with E-state index < -0.39 is 0 Å². The predicted octanol–water partition coefficient (Wildman–Crippen LogP) is 6.01. The van der Waals surface area contributed by atoms with Crippen molar-refractivity contribution in [3.05, 3.63) is 100 Å². The monoisotopic (exact) mass is 519 g/mol. The molecule has 2 N–H and O–H groups in total. The summed E-state index contributed by atoms with van der Waals surface area (Å²) in [6.45, 7) is 8.69. The molecule has 2 aromatic rings. The van der Waals surface area contributed by atoms with Gasteiger partial charge < -0.3 is 20.4 Å². The molecule has 0 saturated carbocycles. The summed E-state index contributed by atoms with van der Waals surface area (Å²) in [4.78, 5) is 10.1. The van der Waals surface area contributed by atoms with Crippen molar-refractivity contribution < 1.29 is 0 Å². The first-order valence-electron chi connectivity index (χ1n) is 14.3. The maximum absolute atomic E-state index is 6.18. The lowest BCUT2D eigenvalue weighted by atomic mass is 9.95. The summed E-state index contributed by atoms with van der Waals surface area (Å²) < 4.78 is 0. The molecule has 2 aromatic carbocycles. The number of nitrogens with one attached hydrogen (secondary N) is 2. The summed E-state index contributed by atoms with van der Waals surface area (Å²) in [6.07, 6.45) is 18.5. The van der Waals surface area contributed by atoms with Gasteiger partial charge in [0, 0.05) is 48.3 Å². The Balaban J connectivity index is 1.45. The summed E-state index contributed by atoms with van der Waals surface area (Å²) in [5.41, 5.74) is 9.36. The van der Waals surface area contributed by atoms with Gasteiger partial charge >= 0.3 is 0 Å². The molecule has 0 radical (unpaired) electrons. The Labute approximate surface area is 234 Å². The van der Waals surface area contributed by atoms with E-state index in [0.29, 0.717) is 0 Å². The smallest absolute Gasteiger partial charge is 0.152 e. The maximum Gasteiger partial charge on any atom is 0.152 e. The minimum absolute atomic E-state index is 0.268. The second-order valence-corrected chi connectivity index (χ2v) is 10.8. The van der Waals surface area contributed by atoms with E-state index in [0.717, 1.165) is 41.2 Å². The van der Waals surface area contributed by atoms with Gasteiger partial charge in [0.2, 0.25) is 0 Å². The Kier molecular flexibility index (Phi) is 8.12. The molecular formula is C34H41N5. The number of hydrogen-bond acceptors (Lipinski definition) is 5. The van der Waals surface area contributed by atoms with Crippen molar-refractivity contribution in [3.63, 3.8) is 0 Å². The van der Waals surface area contributed by atoms with Crippen LogP contribution in [0.2, 0.25) is 0 Å². The zero-order valence-corrected chi connectivity index (χ0v) is 23.8. The van der Waals surface area contributed by atoms with E-state index >= 15 is 0 Å². The van der Waals surface area contributed by atoms with Crippen molar-refractivity contribution in [3.8, 4) is 12.3 Å². The standard InChI is InChI=1S/C34H41N5/c1-6-30-34(36-32(7-2)35-26-16-18-27(19-17-26)39-21-11-8-12-22-39)37-33(28-14-10-9-13-25(28)4)29-23-24(3)15-20-31(29)38(30)5/h1,7,9-10,13-16,18,20,23,30,34-36H,8,11-12,17,19,21-22H2,2-5H3. The Morgan fingerprint density at radius 2 is 1.82 bits per heavy atom. The minimum Gasteiger partial charge on any atom is -0.375 e. The number of allylic oxidation sites excluding steroid dienone is 5. The lowest BCUT2D eigenvalue weighted by Gasteiger charge is -2.33. The van der Waals surface area contributed by atoms with Crippen molar-refractivity contribution >= 4 is 11.4 Å². The first-order valence-corrected chi connectivity index (χ1v) is 14.3. The Hall–Kier alpha value is -3.91. The normalized spacial score (nSPS) is 21.6. The van der Waals surface area contributed by atoms with Crippen molar-refractivity contribution in [2.75, 3.05) is 25.0 Å². The third kappa shape index (κ3) is 5.76. The van der Waals surface area contributed by atoms with Crippen LogP contribution in [0.4, 0.5) is 5.69 Å². The highest BCUT2D eigenvalue weighted by Crippen LogP contribution is 2.31. The zero-order chi connectivity index (χ0) is 27.4. The van der Waals surface area contributed by atoms with Crippen LogP contribution in [0, 0.1) is 26.2 Å². The molecule has 0 amide bonds. The van der Waals surface area contributed by atoms with E-state index in [1.807, 2.05) is 6.92 Å². The zero-order valence-electron chi connectivity index (χ0n) is 23.8. The highest BCUT2D eigenvalue weighted by molar-refractivity contribution is 6.17. The summed E-state index contributed by atoms with van der Waals surface area (Å²) in [5.74, 6) is 3.95. The van der Waals surface area contributed by atoms with Gasteiger partial charge in [0.25, 0.3) is 0 Å². The predicted molar refractivity (Wildman–Crippen MR) is 164 cm³/mol. The van der Waals surface area contributed by atoms with Crippen LogP contribution in [0.15, 0.2) is 82.9 Å². The summed E-state index contributed by atoms with van der Waals surface area (Å²) in [7, 11) is 2.07. The van der Waals surface area contributed by atoms with Gasteiger partial charge in [0.1, 0.15) is 11.9 Å². The molecule has 0 aromatic heterocycles. The molecule has 202 valence electrons. The quantitative estimate of drug-likeness (QED) is 0.459. The van der Waals surface area contributed by atoms with Gasteiger partial charge in [-0.15, -0.1) is 6.42 Å². The largest absolute Gasteiger partial charge is 0.375 e. The molecular weight excluding hydrogens is 478 g/mol. The molecule has 5 nitrogen and oxygen atoms in total. The first-order chi connectivity index (χ1) is 19.0. The Morgan fingerprint density at radius 3 is 2.51 bits per heavy atom. The summed E-state index contributed by atoms with van der Waals surface area (Å²) >= 11 is 0. The fourth-order valence-corrected chi connectivity index (χ4v) is 5.85. The number of likely N-dealkylation sites (tertiary alicyclic amines) is 1. The number of nitrogens with zero attached hydrogens (tertiary/aromatic N) is 3. The second kappa shape index (κ2) is 11.9. The van der Waals surface area contributed by atoms with Crippen LogP contribution in [0.25, 0.3) is 0 Å². The number of benzene rings is 2. The van der Waals surface area contributed by atoms with E-state index in [4.69, 9.17) is 11.4 Å². The molecule has 2 atom stereocenters. The van der Waals surface area contributed by atoms with Crippen LogP contribution in [0.3, 0.4) is 0 Å². The number of rotatable bonds is 6. The Morgan fingerprint density at radius 1 is 1.03 bits per heavy atom. The molecule has 1 fully saturated rings. The van der Waals surface area contributed by atoms with E-state index in [1.165, 1.54) is 54.9 Å². The highest BCUT2D eigenvalue weighted by Gasteiger charge is 2.31. The number of aryl methyl sites for hydroxylation is 2. The molecule has 3 aliphatic rings. The number of anilines is 1. The third-order valence-corrected chi connectivity index (χ3v) is 8.12. The number of aliphatic imine (C=N–C) groups is 1. The summed E-state index contributed by atoms with van der Waals surface area (Å²) in [5, 5.41) is 7.32. The first kappa shape index (κ1) is 26.7. The summed E-state index contributed by atoms with van der Waals surface area (Å²) in [6, 6.07) is 14.7. The van der Waals surface area contributed by atoms with Crippen LogP contribution >= 0.6 is 0 Å². The fourth-order valence-electron chi connectivity index (χ4n) is 5.85. The van der Waals surface area contributed by atoms with Crippen molar-refractivity contribution in [1.29, 1.82) is 0 Å². The number of hydrogen-bond donors (Lipinski definition) is 2. The average molecular weight is 520 g/mol. The number of terminal acetylenes is 1. The Bertz CT molecular complexity index is 1370. The molecule has 39 heavy (non-hydrogen) atoms. The maximum atomic E-state index is 6.18. The molecule has 2 unspecified atom stereocenters. The van der Waals surface area contributed by atoms with Gasteiger partial charge in [0.15, 0.2) is 6.17 Å². The lowest BCUT2D eigenvalue weighted by Crippen LogP contribution is -2.48. The van der Waals surface area contributed by atoms with Crippen molar-refractivity contribution in [1.82, 2.24) is 15.5 Å². The fraction of sp³-hybridized carbons (Fsp3) is 0.382. The van der Waals surface area contributed by atoms with Crippen LogP contribution in [-0.4, -0.2) is 43.0 Å². The molecule has 5 heteroatoms.